The number of aromatic amines is 1. The molecule has 0 unspecified atom stereocenters. The number of aromatic nitrogens is 5. The fourth-order valence-corrected chi connectivity index (χ4v) is 6.14. The summed E-state index contributed by atoms with van der Waals surface area (Å²) in [6.07, 6.45) is 4.10. The molecule has 0 spiro atoms. The van der Waals surface area contributed by atoms with Crippen molar-refractivity contribution in [2.24, 2.45) is 0 Å². The number of nitrogens with one attached hydrogen (secondary N) is 1. The number of hydrogen-bond donors (Lipinski definition) is 1. The first-order valence-corrected chi connectivity index (χ1v) is 13.7. The van der Waals surface area contributed by atoms with Crippen molar-refractivity contribution in [3.8, 4) is 16.9 Å². The van der Waals surface area contributed by atoms with E-state index in [1.165, 1.54) is 4.57 Å². The maximum atomic E-state index is 15.7. The first kappa shape index (κ1) is 25.0. The van der Waals surface area contributed by atoms with Crippen LogP contribution in [0.15, 0.2) is 46.3 Å². The zero-order valence-corrected chi connectivity index (χ0v) is 22.3. The SMILES string of the molecule is Cc1ccnc(C(C)C)c1-n1c(=O)c(S(C)(=O)=O)c(Cl)c2cc(F)c(-c3c(C)ccc4[nH]ncc34)nc21. The lowest BCUT2D eigenvalue weighted by Gasteiger charge is -2.20. The van der Waals surface area contributed by atoms with Gasteiger partial charge in [-0.2, -0.15) is 5.10 Å². The Bertz CT molecular complexity index is 1910. The van der Waals surface area contributed by atoms with Gasteiger partial charge in [-0.05, 0) is 49.1 Å². The van der Waals surface area contributed by atoms with Gasteiger partial charge in [-0.3, -0.25) is 19.4 Å². The van der Waals surface area contributed by atoms with E-state index in [9.17, 15) is 13.2 Å². The van der Waals surface area contributed by atoms with Crippen molar-refractivity contribution >= 4 is 43.4 Å². The molecule has 8 nitrogen and oxygen atoms in total. The highest BCUT2D eigenvalue weighted by molar-refractivity contribution is 7.90. The van der Waals surface area contributed by atoms with Crippen LogP contribution in [0.2, 0.25) is 5.02 Å². The Hall–Kier alpha value is -3.63. The molecule has 0 bridgehead atoms. The Morgan fingerprint density at radius 2 is 1.84 bits per heavy atom. The van der Waals surface area contributed by atoms with Crippen LogP contribution in [0.25, 0.3) is 38.9 Å². The number of fused-ring (bicyclic) bond motifs is 2. The highest BCUT2D eigenvalue weighted by Gasteiger charge is 2.28. The van der Waals surface area contributed by atoms with Gasteiger partial charge in [-0.15, -0.1) is 0 Å². The van der Waals surface area contributed by atoms with Crippen molar-refractivity contribution in [3.63, 3.8) is 0 Å². The van der Waals surface area contributed by atoms with Crippen molar-refractivity contribution in [3.05, 3.63) is 74.7 Å². The standard InChI is InChI=1S/C26H23ClFN5O3S/c1-12(2)21-23(14(4)8-9-29-21)33-25-15(20(27)24(26(33)34)37(5,35)36)10-17(28)22(31-25)19-13(3)6-7-18-16(19)11-30-32-18/h6-12H,1-5H3,(H,30,32). The molecule has 4 heterocycles. The van der Waals surface area contributed by atoms with E-state index in [0.29, 0.717) is 33.4 Å². The minimum atomic E-state index is -4.08. The molecular weight excluding hydrogens is 517 g/mol. The lowest BCUT2D eigenvalue weighted by molar-refractivity contribution is 0.600. The molecule has 0 radical (unpaired) electrons. The van der Waals surface area contributed by atoms with Crippen molar-refractivity contribution < 1.29 is 12.8 Å². The normalized spacial score (nSPS) is 12.2. The van der Waals surface area contributed by atoms with Gasteiger partial charge in [0.25, 0.3) is 5.56 Å². The van der Waals surface area contributed by atoms with Crippen LogP contribution in [0.5, 0.6) is 0 Å². The number of H-pyrrole nitrogens is 1. The fourth-order valence-electron chi connectivity index (χ4n) is 4.65. The summed E-state index contributed by atoms with van der Waals surface area (Å²) in [7, 11) is -4.08. The number of halogens is 2. The molecule has 0 saturated carbocycles. The molecule has 0 aliphatic rings. The Morgan fingerprint density at radius 1 is 1.11 bits per heavy atom. The summed E-state index contributed by atoms with van der Waals surface area (Å²) >= 11 is 6.48. The van der Waals surface area contributed by atoms with E-state index in [4.69, 9.17) is 11.6 Å². The average molecular weight is 540 g/mol. The van der Waals surface area contributed by atoms with Crippen molar-refractivity contribution in [2.75, 3.05) is 6.26 Å². The smallest absolute Gasteiger partial charge is 0.277 e. The molecule has 0 aliphatic heterocycles. The number of nitrogens with zero attached hydrogens (tertiary/aromatic N) is 4. The third-order valence-corrected chi connectivity index (χ3v) is 7.99. The highest BCUT2D eigenvalue weighted by Crippen LogP contribution is 2.37. The molecule has 1 N–H and O–H groups in total. The second-order valence-corrected chi connectivity index (χ2v) is 11.7. The summed E-state index contributed by atoms with van der Waals surface area (Å²) in [6.45, 7) is 7.43. The van der Waals surface area contributed by atoms with Crippen LogP contribution >= 0.6 is 11.6 Å². The molecule has 0 fully saturated rings. The maximum Gasteiger partial charge on any atom is 0.277 e. The fraction of sp³-hybridized carbons (Fsp3) is 0.231. The summed E-state index contributed by atoms with van der Waals surface area (Å²) in [5, 5.41) is 7.21. The number of hydrogen-bond acceptors (Lipinski definition) is 6. The summed E-state index contributed by atoms with van der Waals surface area (Å²) in [6, 6.07) is 6.49. The molecule has 0 aliphatic carbocycles. The van der Waals surface area contributed by atoms with E-state index in [-0.39, 0.29) is 27.7 Å². The minimum Gasteiger partial charge on any atom is -0.278 e. The summed E-state index contributed by atoms with van der Waals surface area (Å²) in [5.41, 5.74) is 2.69. The third kappa shape index (κ3) is 3.91. The lowest BCUT2D eigenvalue weighted by atomic mass is 10.00. The van der Waals surface area contributed by atoms with Gasteiger partial charge in [0.05, 0.1) is 28.1 Å². The zero-order chi connectivity index (χ0) is 26.8. The maximum absolute atomic E-state index is 15.7. The Labute approximate surface area is 217 Å². The molecule has 0 saturated heterocycles. The number of rotatable bonds is 4. The predicted molar refractivity (Wildman–Crippen MR) is 142 cm³/mol. The largest absolute Gasteiger partial charge is 0.278 e. The van der Waals surface area contributed by atoms with Gasteiger partial charge >= 0.3 is 0 Å². The van der Waals surface area contributed by atoms with Crippen molar-refractivity contribution in [1.82, 2.24) is 24.7 Å². The van der Waals surface area contributed by atoms with Crippen LogP contribution in [0, 0.1) is 19.7 Å². The number of pyridine rings is 3. The Kier molecular flexibility index (Phi) is 5.91. The number of sulfone groups is 1. The molecule has 5 rings (SSSR count). The minimum absolute atomic E-state index is 0.00192. The van der Waals surface area contributed by atoms with Crippen LogP contribution in [0.4, 0.5) is 4.39 Å². The second kappa shape index (κ2) is 8.74. The molecule has 0 atom stereocenters. The third-order valence-electron chi connectivity index (χ3n) is 6.37. The Morgan fingerprint density at radius 3 is 2.51 bits per heavy atom. The summed E-state index contributed by atoms with van der Waals surface area (Å²) in [4.78, 5) is 22.4. The molecule has 37 heavy (non-hydrogen) atoms. The second-order valence-electron chi connectivity index (χ2n) is 9.35. The van der Waals surface area contributed by atoms with Gasteiger partial charge in [-0.1, -0.05) is 31.5 Å². The summed E-state index contributed by atoms with van der Waals surface area (Å²) < 4.78 is 42.4. The molecule has 1 aromatic carbocycles. The zero-order valence-electron chi connectivity index (χ0n) is 20.7. The number of aryl methyl sites for hydroxylation is 2. The van der Waals surface area contributed by atoms with E-state index in [1.807, 2.05) is 32.9 Å². The first-order chi connectivity index (χ1) is 17.4. The van der Waals surface area contributed by atoms with Crippen LogP contribution < -0.4 is 5.56 Å². The van der Waals surface area contributed by atoms with Crippen LogP contribution in [0.3, 0.4) is 0 Å². The van der Waals surface area contributed by atoms with Crippen LogP contribution in [0.1, 0.15) is 36.6 Å². The van der Waals surface area contributed by atoms with E-state index in [0.717, 1.165) is 17.9 Å². The van der Waals surface area contributed by atoms with E-state index in [1.54, 1.807) is 25.4 Å². The lowest BCUT2D eigenvalue weighted by Crippen LogP contribution is -2.28. The molecule has 0 amide bonds. The van der Waals surface area contributed by atoms with E-state index >= 15 is 4.39 Å². The molecule has 11 heteroatoms. The first-order valence-electron chi connectivity index (χ1n) is 11.5. The predicted octanol–water partition coefficient (Wildman–Crippen LogP) is 5.26. The van der Waals surface area contributed by atoms with Gasteiger partial charge in [0.1, 0.15) is 17.2 Å². The van der Waals surface area contributed by atoms with Crippen molar-refractivity contribution in [1.29, 1.82) is 0 Å². The average Bonchev–Trinajstić information content (AvgIpc) is 3.28. The van der Waals surface area contributed by atoms with E-state index < -0.39 is 26.1 Å². The van der Waals surface area contributed by atoms with Gasteiger partial charge in [0.15, 0.2) is 14.7 Å². The Balaban J connectivity index is 2.04. The van der Waals surface area contributed by atoms with Gasteiger partial charge < -0.3 is 0 Å². The highest BCUT2D eigenvalue weighted by atomic mass is 35.5. The quantitative estimate of drug-likeness (QED) is 0.333. The summed E-state index contributed by atoms with van der Waals surface area (Å²) in [5.74, 6) is -0.834. The van der Waals surface area contributed by atoms with Crippen LogP contribution in [-0.4, -0.2) is 39.4 Å². The monoisotopic (exact) mass is 539 g/mol. The van der Waals surface area contributed by atoms with E-state index in [2.05, 4.69) is 20.2 Å². The molecular formula is C26H23ClFN5O3S. The molecule has 5 aromatic rings. The molecule has 190 valence electrons. The topological polar surface area (TPSA) is 111 Å². The van der Waals surface area contributed by atoms with Gasteiger partial charge in [-0.25, -0.2) is 17.8 Å². The van der Waals surface area contributed by atoms with Gasteiger partial charge in [0, 0.05) is 28.8 Å². The van der Waals surface area contributed by atoms with Gasteiger partial charge in [0.2, 0.25) is 0 Å². The number of benzene rings is 1. The van der Waals surface area contributed by atoms with Crippen molar-refractivity contribution in [2.45, 2.75) is 38.5 Å². The molecule has 4 aromatic heterocycles. The van der Waals surface area contributed by atoms with Crippen LogP contribution in [-0.2, 0) is 9.84 Å².